The molecule has 0 saturated carbocycles. The third-order valence-electron chi connectivity index (χ3n) is 4.49. The molecule has 0 radical (unpaired) electrons. The van der Waals surface area contributed by atoms with Crippen molar-refractivity contribution in [2.75, 3.05) is 19.0 Å². The summed E-state index contributed by atoms with van der Waals surface area (Å²) in [4.78, 5) is 16.8. The van der Waals surface area contributed by atoms with Gasteiger partial charge in [0.2, 0.25) is 5.88 Å². The molecule has 1 aromatic carbocycles. The highest BCUT2D eigenvalue weighted by molar-refractivity contribution is 7.90. The Labute approximate surface area is 184 Å². The molecular formula is C19H17ClFN5O4S. The minimum Gasteiger partial charge on any atom is -0.588 e. The van der Waals surface area contributed by atoms with E-state index in [1.165, 1.54) is 25.6 Å². The lowest BCUT2D eigenvalue weighted by Crippen LogP contribution is -2.35. The molecule has 1 aliphatic heterocycles. The van der Waals surface area contributed by atoms with E-state index in [0.29, 0.717) is 36.0 Å². The molecule has 2 aromatic heterocycles. The number of nitrogens with one attached hydrogen (secondary N) is 2. The third-order valence-corrected chi connectivity index (χ3v) is 5.83. The largest absolute Gasteiger partial charge is 0.588 e. The van der Waals surface area contributed by atoms with E-state index < -0.39 is 23.2 Å². The van der Waals surface area contributed by atoms with Crippen LogP contribution in [0.3, 0.4) is 0 Å². The second-order valence-corrected chi connectivity index (χ2v) is 8.02. The number of benzene rings is 1. The minimum absolute atomic E-state index is 0.177. The van der Waals surface area contributed by atoms with Crippen LogP contribution in [0.2, 0.25) is 5.02 Å². The van der Waals surface area contributed by atoms with E-state index in [0.717, 1.165) is 6.42 Å². The molecule has 3 heterocycles. The van der Waals surface area contributed by atoms with Crippen molar-refractivity contribution in [1.82, 2.24) is 19.5 Å². The number of hydrogen-bond donors (Lipinski definition) is 2. The number of fused-ring (bicyclic) bond motifs is 1. The summed E-state index contributed by atoms with van der Waals surface area (Å²) in [5.41, 5.74) is 0.705. The number of hydrogen-bond acceptors (Lipinski definition) is 6. The first-order chi connectivity index (χ1) is 15.0. The van der Waals surface area contributed by atoms with Crippen LogP contribution >= 0.6 is 11.6 Å². The number of aryl methyl sites for hydroxylation is 1. The maximum Gasteiger partial charge on any atom is 0.361 e. The Balaban J connectivity index is 1.58. The van der Waals surface area contributed by atoms with E-state index in [-0.39, 0.29) is 15.6 Å². The molecule has 162 valence electrons. The first-order valence-corrected chi connectivity index (χ1v) is 10.7. The lowest BCUT2D eigenvalue weighted by Gasteiger charge is -2.17. The summed E-state index contributed by atoms with van der Waals surface area (Å²) >= 11 is 3.94. The van der Waals surface area contributed by atoms with Crippen molar-refractivity contribution in [3.05, 3.63) is 47.5 Å². The van der Waals surface area contributed by atoms with Crippen molar-refractivity contribution in [3.8, 4) is 22.9 Å². The molecule has 0 fully saturated rings. The van der Waals surface area contributed by atoms with Crippen LogP contribution in [0.15, 0.2) is 41.6 Å². The summed E-state index contributed by atoms with van der Waals surface area (Å²) in [5.74, 6) is -0.180. The zero-order chi connectivity index (χ0) is 22.0. The predicted octanol–water partition coefficient (Wildman–Crippen LogP) is 3.37. The van der Waals surface area contributed by atoms with Crippen molar-refractivity contribution in [2.24, 2.45) is 0 Å². The number of rotatable bonds is 5. The van der Waals surface area contributed by atoms with Gasteiger partial charge in [0.1, 0.15) is 17.6 Å². The van der Waals surface area contributed by atoms with Gasteiger partial charge in [0.15, 0.2) is 5.82 Å². The van der Waals surface area contributed by atoms with Crippen molar-refractivity contribution in [1.29, 1.82) is 0 Å². The van der Waals surface area contributed by atoms with E-state index in [4.69, 9.17) is 21.1 Å². The van der Waals surface area contributed by atoms with Crippen molar-refractivity contribution >= 4 is 34.7 Å². The average molecular weight is 466 g/mol. The third kappa shape index (κ3) is 4.38. The summed E-state index contributed by atoms with van der Waals surface area (Å²) in [6, 6.07) is 5.24. The molecule has 31 heavy (non-hydrogen) atoms. The highest BCUT2D eigenvalue weighted by atomic mass is 35.5. The molecule has 12 heteroatoms. The Morgan fingerprint density at radius 3 is 3.06 bits per heavy atom. The Bertz CT molecular complexity index is 1130. The number of methoxy groups -OCH3 is 1. The Morgan fingerprint density at radius 1 is 1.42 bits per heavy atom. The summed E-state index contributed by atoms with van der Waals surface area (Å²) in [6.45, 7) is 1.10. The number of urea groups is 1. The molecule has 0 spiro atoms. The topological polar surface area (TPSA) is 113 Å². The van der Waals surface area contributed by atoms with Crippen LogP contribution in [0.1, 0.15) is 6.42 Å². The number of anilines is 1. The molecule has 4 rings (SSSR count). The second-order valence-electron chi connectivity index (χ2n) is 6.43. The van der Waals surface area contributed by atoms with E-state index in [1.54, 1.807) is 22.9 Å². The molecule has 1 aliphatic rings. The van der Waals surface area contributed by atoms with Gasteiger partial charge in [0.25, 0.3) is 10.8 Å². The normalized spacial score (nSPS) is 13.7. The van der Waals surface area contributed by atoms with Gasteiger partial charge in [-0.05, 0) is 17.7 Å². The number of amides is 2. The summed E-state index contributed by atoms with van der Waals surface area (Å²) in [6.07, 6.45) is 3.64. The molecule has 2 N–H and O–H groups in total. The van der Waals surface area contributed by atoms with E-state index in [1.807, 2.05) is 0 Å². The van der Waals surface area contributed by atoms with Crippen LogP contribution in [-0.2, 0) is 17.9 Å². The van der Waals surface area contributed by atoms with Crippen LogP contribution in [0.25, 0.3) is 11.1 Å². The molecule has 0 saturated heterocycles. The quantitative estimate of drug-likeness (QED) is 0.558. The SMILES string of the molecule is COc1cc(-c2ccc(Cl)c(F)c2NC(=O)N[S@@+]([O-])c2cnn3c2OCCC3)ccn1. The van der Waals surface area contributed by atoms with Crippen LogP contribution in [-0.4, -0.2) is 39.1 Å². The van der Waals surface area contributed by atoms with Crippen LogP contribution in [0.5, 0.6) is 11.8 Å². The molecule has 0 aliphatic carbocycles. The van der Waals surface area contributed by atoms with Gasteiger partial charge in [-0.1, -0.05) is 17.7 Å². The fourth-order valence-corrected chi connectivity index (χ4v) is 4.01. The average Bonchev–Trinajstić information content (AvgIpc) is 3.21. The van der Waals surface area contributed by atoms with Crippen LogP contribution in [0, 0.1) is 5.82 Å². The first kappa shape index (κ1) is 21.2. The number of pyridine rings is 1. The molecule has 3 aromatic rings. The van der Waals surface area contributed by atoms with Crippen molar-refractivity contribution in [3.63, 3.8) is 0 Å². The first-order valence-electron chi connectivity index (χ1n) is 9.14. The summed E-state index contributed by atoms with van der Waals surface area (Å²) in [5, 5.41) is 6.31. The zero-order valence-electron chi connectivity index (χ0n) is 16.2. The maximum atomic E-state index is 14.8. The number of carbonyl (C=O) groups is 1. The van der Waals surface area contributed by atoms with Gasteiger partial charge < -0.3 is 19.3 Å². The lowest BCUT2D eigenvalue weighted by atomic mass is 10.0. The number of ether oxygens (including phenoxy) is 2. The van der Waals surface area contributed by atoms with Crippen molar-refractivity contribution < 1.29 is 23.2 Å². The van der Waals surface area contributed by atoms with E-state index in [9.17, 15) is 13.7 Å². The Hall–Kier alpha value is -3.02. The molecule has 1 atom stereocenters. The van der Waals surface area contributed by atoms with Crippen LogP contribution in [0.4, 0.5) is 14.9 Å². The number of carbonyl (C=O) groups excluding carboxylic acids is 1. The van der Waals surface area contributed by atoms with Gasteiger partial charge in [0.05, 0.1) is 24.4 Å². The Kier molecular flexibility index (Phi) is 6.16. The smallest absolute Gasteiger partial charge is 0.361 e. The van der Waals surface area contributed by atoms with E-state index >= 15 is 0 Å². The fourth-order valence-electron chi connectivity index (χ4n) is 3.05. The Morgan fingerprint density at radius 2 is 2.26 bits per heavy atom. The van der Waals surface area contributed by atoms with Gasteiger partial charge in [0, 0.05) is 30.8 Å². The minimum atomic E-state index is -1.97. The zero-order valence-corrected chi connectivity index (χ0v) is 17.8. The standard InChI is InChI=1S/C19H17ClFN5O4S/c1-29-15-9-11(5-6-22-15)12-3-4-13(20)16(21)17(12)24-19(27)25-31(28)14-10-23-26-7-2-8-30-18(14)26/h3-6,9-10H,2,7-8H2,1H3,(H2,24,25,27)/t31-/m0/s1. The van der Waals surface area contributed by atoms with Crippen LogP contribution < -0.4 is 19.5 Å². The number of halogens is 2. The van der Waals surface area contributed by atoms with E-state index in [2.05, 4.69) is 20.1 Å². The molecule has 2 amide bonds. The second kappa shape index (κ2) is 9.00. The maximum absolute atomic E-state index is 14.8. The van der Waals surface area contributed by atoms with Gasteiger partial charge >= 0.3 is 6.03 Å². The van der Waals surface area contributed by atoms with Gasteiger partial charge in [-0.3, -0.25) is 0 Å². The highest BCUT2D eigenvalue weighted by Gasteiger charge is 2.28. The summed E-state index contributed by atoms with van der Waals surface area (Å²) in [7, 11) is 1.45. The lowest BCUT2D eigenvalue weighted by molar-refractivity contribution is 0.224. The molecular weight excluding hydrogens is 449 g/mol. The highest BCUT2D eigenvalue weighted by Crippen LogP contribution is 2.35. The van der Waals surface area contributed by atoms with Gasteiger partial charge in [-0.2, -0.15) is 5.10 Å². The molecule has 9 nitrogen and oxygen atoms in total. The number of nitrogens with zero attached hydrogens (tertiary/aromatic N) is 3. The fraction of sp³-hybridized carbons (Fsp3) is 0.211. The predicted molar refractivity (Wildman–Crippen MR) is 112 cm³/mol. The molecule has 0 unspecified atom stereocenters. The van der Waals surface area contributed by atoms with Crippen molar-refractivity contribution in [2.45, 2.75) is 17.9 Å². The molecule has 0 bridgehead atoms. The van der Waals surface area contributed by atoms with Gasteiger partial charge in [-0.15, -0.1) is 4.72 Å². The monoisotopic (exact) mass is 465 g/mol. The summed E-state index contributed by atoms with van der Waals surface area (Å²) < 4.78 is 41.9. The number of aromatic nitrogens is 3. The van der Waals surface area contributed by atoms with Gasteiger partial charge in [-0.25, -0.2) is 18.9 Å².